The lowest BCUT2D eigenvalue weighted by Crippen LogP contribution is -2.44. The molecule has 2 amide bonds. The molecule has 1 saturated heterocycles. The van der Waals surface area contributed by atoms with Gasteiger partial charge in [0.25, 0.3) is 0 Å². The topological polar surface area (TPSA) is 49.6 Å². The van der Waals surface area contributed by atoms with Gasteiger partial charge in [-0.05, 0) is 74.6 Å². The zero-order chi connectivity index (χ0) is 18.0. The smallest absolute Gasteiger partial charge is 0.319 e. The number of anilines is 1. The number of urea groups is 1. The SMILES string of the molecule is NC(=O)N1CCCC2(CCN(CC3CCCCC3)CC2)c2ccccc21. The minimum absolute atomic E-state index is 0.226. The van der Waals surface area contributed by atoms with Crippen molar-refractivity contribution in [2.75, 3.05) is 31.1 Å². The van der Waals surface area contributed by atoms with Crippen LogP contribution in [0, 0.1) is 5.92 Å². The fourth-order valence-electron chi connectivity index (χ4n) is 5.63. The van der Waals surface area contributed by atoms with Gasteiger partial charge in [-0.1, -0.05) is 37.5 Å². The number of nitrogens with zero attached hydrogens (tertiary/aromatic N) is 2. The summed E-state index contributed by atoms with van der Waals surface area (Å²) in [5.41, 5.74) is 8.31. The fourth-order valence-corrected chi connectivity index (χ4v) is 5.63. The highest BCUT2D eigenvalue weighted by Crippen LogP contribution is 2.46. The van der Waals surface area contributed by atoms with Gasteiger partial charge in [-0.3, -0.25) is 4.90 Å². The number of piperidine rings is 1. The first-order valence-electron chi connectivity index (χ1n) is 10.6. The molecule has 1 aromatic carbocycles. The lowest BCUT2D eigenvalue weighted by Gasteiger charge is -2.43. The van der Waals surface area contributed by atoms with Gasteiger partial charge in [-0.2, -0.15) is 0 Å². The number of fused-ring (bicyclic) bond motifs is 2. The molecule has 1 saturated carbocycles. The fraction of sp³-hybridized carbons (Fsp3) is 0.682. The molecule has 0 bridgehead atoms. The van der Waals surface area contributed by atoms with E-state index >= 15 is 0 Å². The summed E-state index contributed by atoms with van der Waals surface area (Å²) >= 11 is 0. The second kappa shape index (κ2) is 7.59. The van der Waals surface area contributed by atoms with Gasteiger partial charge in [0.2, 0.25) is 0 Å². The van der Waals surface area contributed by atoms with Crippen molar-refractivity contribution in [2.45, 2.75) is 63.2 Å². The summed E-state index contributed by atoms with van der Waals surface area (Å²) < 4.78 is 0. The predicted octanol–water partition coefficient (Wildman–Crippen LogP) is 4.28. The molecule has 4 rings (SSSR count). The minimum atomic E-state index is -0.316. The monoisotopic (exact) mass is 355 g/mol. The third-order valence-corrected chi connectivity index (χ3v) is 7.12. The Kier molecular flexibility index (Phi) is 5.21. The molecule has 0 radical (unpaired) electrons. The van der Waals surface area contributed by atoms with Crippen molar-refractivity contribution in [3.05, 3.63) is 29.8 Å². The third-order valence-electron chi connectivity index (χ3n) is 7.12. The quantitative estimate of drug-likeness (QED) is 0.861. The number of primary amides is 1. The van der Waals surface area contributed by atoms with Crippen molar-refractivity contribution < 1.29 is 4.79 Å². The van der Waals surface area contributed by atoms with Crippen LogP contribution in [0.5, 0.6) is 0 Å². The van der Waals surface area contributed by atoms with E-state index in [1.54, 1.807) is 4.90 Å². The molecule has 4 heteroatoms. The highest BCUT2D eigenvalue weighted by Gasteiger charge is 2.40. The number of rotatable bonds is 2. The van der Waals surface area contributed by atoms with Crippen molar-refractivity contribution in [2.24, 2.45) is 11.7 Å². The Morgan fingerprint density at radius 3 is 2.46 bits per heavy atom. The molecule has 2 aliphatic heterocycles. The lowest BCUT2D eigenvalue weighted by atomic mass is 9.69. The van der Waals surface area contributed by atoms with E-state index in [4.69, 9.17) is 5.73 Å². The average molecular weight is 356 g/mol. The van der Waals surface area contributed by atoms with E-state index in [1.165, 1.54) is 76.6 Å². The van der Waals surface area contributed by atoms with Gasteiger partial charge in [0.1, 0.15) is 0 Å². The predicted molar refractivity (Wildman–Crippen MR) is 107 cm³/mol. The molecule has 4 nitrogen and oxygen atoms in total. The van der Waals surface area contributed by atoms with E-state index in [-0.39, 0.29) is 11.4 Å². The first kappa shape index (κ1) is 17.8. The summed E-state index contributed by atoms with van der Waals surface area (Å²) in [6.07, 6.45) is 11.8. The van der Waals surface area contributed by atoms with E-state index in [1.807, 2.05) is 6.07 Å². The van der Waals surface area contributed by atoms with Gasteiger partial charge >= 0.3 is 6.03 Å². The standard InChI is InChI=1S/C22H33N3O/c23-21(26)25-14-6-11-22(19-9-4-5-10-20(19)25)12-15-24(16-13-22)17-18-7-2-1-3-8-18/h4-5,9-10,18H,1-3,6-8,11-17H2,(H2,23,26). The number of hydrogen-bond acceptors (Lipinski definition) is 2. The van der Waals surface area contributed by atoms with Crippen LogP contribution in [0.2, 0.25) is 0 Å². The van der Waals surface area contributed by atoms with Crippen molar-refractivity contribution in [1.29, 1.82) is 0 Å². The highest BCUT2D eigenvalue weighted by atomic mass is 16.2. The minimum Gasteiger partial charge on any atom is -0.351 e. The largest absolute Gasteiger partial charge is 0.351 e. The van der Waals surface area contributed by atoms with Crippen LogP contribution >= 0.6 is 0 Å². The number of para-hydroxylation sites is 1. The molecule has 0 aromatic heterocycles. The van der Waals surface area contributed by atoms with Crippen molar-refractivity contribution in [3.8, 4) is 0 Å². The van der Waals surface area contributed by atoms with Crippen LogP contribution in [0.4, 0.5) is 10.5 Å². The van der Waals surface area contributed by atoms with E-state index in [0.29, 0.717) is 0 Å². The van der Waals surface area contributed by atoms with Crippen LogP contribution in [0.1, 0.15) is 63.4 Å². The molecule has 1 aromatic rings. The zero-order valence-electron chi connectivity index (χ0n) is 16.0. The zero-order valence-corrected chi connectivity index (χ0v) is 16.0. The maximum absolute atomic E-state index is 12.0. The summed E-state index contributed by atoms with van der Waals surface area (Å²) in [4.78, 5) is 16.5. The normalized spacial score (nSPS) is 24.2. The van der Waals surface area contributed by atoms with E-state index in [0.717, 1.165) is 24.6 Å². The Hall–Kier alpha value is -1.55. The molecule has 2 N–H and O–H groups in total. The number of nitrogens with two attached hydrogens (primary N) is 1. The summed E-state index contributed by atoms with van der Waals surface area (Å²) in [6, 6.07) is 8.17. The van der Waals surface area contributed by atoms with Gasteiger partial charge in [0.15, 0.2) is 0 Å². The second-order valence-electron chi connectivity index (χ2n) is 8.70. The number of likely N-dealkylation sites (tertiary alicyclic amines) is 1. The van der Waals surface area contributed by atoms with Crippen molar-refractivity contribution >= 4 is 11.7 Å². The molecule has 3 aliphatic rings. The van der Waals surface area contributed by atoms with Crippen LogP contribution in [-0.2, 0) is 5.41 Å². The molecule has 1 spiro atoms. The molecule has 2 fully saturated rings. The summed E-state index contributed by atoms with van der Waals surface area (Å²) in [7, 11) is 0. The van der Waals surface area contributed by atoms with Crippen LogP contribution in [0.15, 0.2) is 24.3 Å². The van der Waals surface area contributed by atoms with E-state index in [9.17, 15) is 4.79 Å². The van der Waals surface area contributed by atoms with E-state index in [2.05, 4.69) is 23.1 Å². The summed E-state index contributed by atoms with van der Waals surface area (Å²) in [5.74, 6) is 0.921. The lowest BCUT2D eigenvalue weighted by molar-refractivity contribution is 0.123. The highest BCUT2D eigenvalue weighted by molar-refractivity contribution is 5.92. The Balaban J connectivity index is 1.50. The first-order valence-corrected chi connectivity index (χ1v) is 10.6. The summed E-state index contributed by atoms with van der Waals surface area (Å²) in [5, 5.41) is 0. The first-order chi connectivity index (χ1) is 12.7. The molecule has 0 atom stereocenters. The molecular formula is C22H33N3O. The Morgan fingerprint density at radius 1 is 1.00 bits per heavy atom. The van der Waals surface area contributed by atoms with Gasteiger partial charge in [-0.25, -0.2) is 4.79 Å². The van der Waals surface area contributed by atoms with Crippen molar-refractivity contribution in [3.63, 3.8) is 0 Å². The maximum Gasteiger partial charge on any atom is 0.319 e. The van der Waals surface area contributed by atoms with Crippen molar-refractivity contribution in [1.82, 2.24) is 4.90 Å². The Labute approximate surface area is 157 Å². The van der Waals surface area contributed by atoms with Crippen LogP contribution < -0.4 is 10.6 Å². The number of hydrogen-bond donors (Lipinski definition) is 1. The Bertz CT molecular complexity index is 630. The molecule has 142 valence electrons. The third kappa shape index (κ3) is 3.48. The van der Waals surface area contributed by atoms with Crippen LogP contribution in [0.25, 0.3) is 0 Å². The number of carbonyl (C=O) groups excluding carboxylic acids is 1. The maximum atomic E-state index is 12.0. The second-order valence-corrected chi connectivity index (χ2v) is 8.70. The molecule has 1 aliphatic carbocycles. The van der Waals surface area contributed by atoms with Gasteiger partial charge in [-0.15, -0.1) is 0 Å². The van der Waals surface area contributed by atoms with Gasteiger partial charge in [0.05, 0.1) is 0 Å². The van der Waals surface area contributed by atoms with Gasteiger partial charge < -0.3 is 10.6 Å². The molecule has 0 unspecified atom stereocenters. The average Bonchev–Trinajstić information content (AvgIpc) is 2.82. The number of amides is 2. The Morgan fingerprint density at radius 2 is 1.73 bits per heavy atom. The number of carbonyl (C=O) groups is 1. The molecule has 26 heavy (non-hydrogen) atoms. The number of benzene rings is 1. The van der Waals surface area contributed by atoms with E-state index < -0.39 is 0 Å². The summed E-state index contributed by atoms with van der Waals surface area (Å²) in [6.45, 7) is 4.44. The molecule has 2 heterocycles. The van der Waals surface area contributed by atoms with Crippen LogP contribution in [-0.4, -0.2) is 37.1 Å². The van der Waals surface area contributed by atoms with Gasteiger partial charge in [0, 0.05) is 18.8 Å². The molecular weight excluding hydrogens is 322 g/mol. The van der Waals surface area contributed by atoms with Crippen LogP contribution in [0.3, 0.4) is 0 Å².